The van der Waals surface area contributed by atoms with E-state index >= 15 is 0 Å². The maximum Gasteiger partial charge on any atom is 0.341 e. The van der Waals surface area contributed by atoms with E-state index in [-0.39, 0.29) is 23.6 Å². The first-order chi connectivity index (χ1) is 11.3. The van der Waals surface area contributed by atoms with E-state index in [1.807, 2.05) is 20.8 Å². The molecule has 24 heavy (non-hydrogen) atoms. The van der Waals surface area contributed by atoms with Gasteiger partial charge in [-0.05, 0) is 24.8 Å². The molecule has 0 atom stereocenters. The van der Waals surface area contributed by atoms with Crippen LogP contribution in [-0.4, -0.2) is 30.4 Å². The van der Waals surface area contributed by atoms with Crippen molar-refractivity contribution in [1.29, 1.82) is 0 Å². The van der Waals surface area contributed by atoms with E-state index in [0.717, 1.165) is 11.3 Å². The van der Waals surface area contributed by atoms with Gasteiger partial charge in [0.05, 0.1) is 12.2 Å². The van der Waals surface area contributed by atoms with Crippen molar-refractivity contribution in [2.45, 2.75) is 47.0 Å². The first kappa shape index (κ1) is 18.5. The lowest BCUT2D eigenvalue weighted by Crippen LogP contribution is -2.38. The van der Waals surface area contributed by atoms with Crippen LogP contribution in [0, 0.1) is 11.3 Å². The van der Waals surface area contributed by atoms with Crippen molar-refractivity contribution in [1.82, 2.24) is 0 Å². The Morgan fingerprint density at radius 1 is 1.33 bits per heavy atom. The number of aliphatic imine (C=N–C) groups is 1. The summed E-state index contributed by atoms with van der Waals surface area (Å²) in [5.74, 6) is -1.45. The Labute approximate surface area is 146 Å². The predicted octanol–water partition coefficient (Wildman–Crippen LogP) is 3.76. The van der Waals surface area contributed by atoms with Crippen LogP contribution in [0.25, 0.3) is 0 Å². The molecular weight excluding hydrogens is 326 g/mol. The van der Waals surface area contributed by atoms with Crippen molar-refractivity contribution < 1.29 is 19.1 Å². The van der Waals surface area contributed by atoms with Crippen molar-refractivity contribution in [3.63, 3.8) is 0 Å². The second-order valence-electron chi connectivity index (χ2n) is 6.71. The van der Waals surface area contributed by atoms with Gasteiger partial charge in [0, 0.05) is 23.9 Å². The van der Waals surface area contributed by atoms with Crippen LogP contribution in [-0.2, 0) is 20.7 Å². The van der Waals surface area contributed by atoms with E-state index in [1.54, 1.807) is 13.0 Å². The molecule has 1 fully saturated rings. The number of carbonyl (C=O) groups is 3. The number of thiophene rings is 1. The molecule has 2 rings (SSSR count). The van der Waals surface area contributed by atoms with E-state index in [1.165, 1.54) is 17.6 Å². The number of nitrogens with zero attached hydrogens (tertiary/aromatic N) is 1. The SMILES string of the molecule is CCOC(=O)c1cc(CC)sc1N=CC1C(=O)CC(C)(C)CC1=O. The van der Waals surface area contributed by atoms with Gasteiger partial charge >= 0.3 is 5.97 Å². The summed E-state index contributed by atoms with van der Waals surface area (Å²) < 4.78 is 5.05. The largest absolute Gasteiger partial charge is 0.462 e. The van der Waals surface area contributed by atoms with Gasteiger partial charge in [0.2, 0.25) is 0 Å². The maximum atomic E-state index is 12.2. The molecule has 0 spiro atoms. The third-order valence-corrected chi connectivity index (χ3v) is 5.13. The van der Waals surface area contributed by atoms with Gasteiger partial charge in [0.25, 0.3) is 0 Å². The van der Waals surface area contributed by atoms with E-state index in [2.05, 4.69) is 4.99 Å². The van der Waals surface area contributed by atoms with Crippen molar-refractivity contribution >= 4 is 40.1 Å². The van der Waals surface area contributed by atoms with Crippen LogP contribution in [0.4, 0.5) is 5.00 Å². The number of Topliss-reactive ketones (excluding diaryl/α,β-unsaturated/α-hetero) is 2. The number of rotatable bonds is 5. The highest BCUT2D eigenvalue weighted by Crippen LogP contribution is 2.35. The minimum atomic E-state index is -0.805. The molecule has 0 amide bonds. The second-order valence-corrected chi connectivity index (χ2v) is 7.83. The first-order valence-electron chi connectivity index (χ1n) is 8.17. The van der Waals surface area contributed by atoms with Crippen molar-refractivity contribution in [3.8, 4) is 0 Å². The molecule has 1 aliphatic rings. The highest BCUT2D eigenvalue weighted by atomic mass is 32.1. The Balaban J connectivity index is 2.25. The van der Waals surface area contributed by atoms with Crippen LogP contribution < -0.4 is 0 Å². The molecule has 6 heteroatoms. The minimum absolute atomic E-state index is 0.107. The number of esters is 1. The van der Waals surface area contributed by atoms with E-state index in [9.17, 15) is 14.4 Å². The number of ether oxygens (including phenoxy) is 1. The average Bonchev–Trinajstić information content (AvgIpc) is 2.89. The molecule has 0 aliphatic heterocycles. The van der Waals surface area contributed by atoms with E-state index in [4.69, 9.17) is 4.74 Å². The summed E-state index contributed by atoms with van der Waals surface area (Å²) in [5, 5.41) is 0.496. The lowest BCUT2D eigenvalue weighted by atomic mass is 9.72. The Kier molecular flexibility index (Phi) is 5.70. The van der Waals surface area contributed by atoms with Gasteiger partial charge in [-0.3, -0.25) is 9.59 Å². The fraction of sp³-hybridized carbons (Fsp3) is 0.556. The van der Waals surface area contributed by atoms with Crippen LogP contribution in [0.3, 0.4) is 0 Å². The molecule has 0 saturated heterocycles. The Morgan fingerprint density at radius 3 is 2.50 bits per heavy atom. The van der Waals surface area contributed by atoms with Gasteiger partial charge in [-0.15, -0.1) is 11.3 Å². The molecule has 0 unspecified atom stereocenters. The monoisotopic (exact) mass is 349 g/mol. The lowest BCUT2D eigenvalue weighted by Gasteiger charge is -2.30. The number of ketones is 2. The van der Waals surface area contributed by atoms with Gasteiger partial charge in [0.15, 0.2) is 0 Å². The van der Waals surface area contributed by atoms with Crippen LogP contribution in [0.1, 0.15) is 55.8 Å². The van der Waals surface area contributed by atoms with E-state index in [0.29, 0.717) is 23.4 Å². The fourth-order valence-electron chi connectivity index (χ4n) is 2.77. The van der Waals surface area contributed by atoms with Gasteiger partial charge in [-0.2, -0.15) is 0 Å². The van der Waals surface area contributed by atoms with Crippen molar-refractivity contribution in [2.75, 3.05) is 6.61 Å². The molecule has 1 aromatic heterocycles. The molecule has 0 N–H and O–H groups in total. The number of hydrogen-bond donors (Lipinski definition) is 0. The second kappa shape index (κ2) is 7.38. The Hall–Kier alpha value is -1.82. The third kappa shape index (κ3) is 4.17. The van der Waals surface area contributed by atoms with Gasteiger partial charge < -0.3 is 4.74 Å². The molecular formula is C18H23NO4S. The van der Waals surface area contributed by atoms with Crippen LogP contribution in [0.5, 0.6) is 0 Å². The molecule has 5 nitrogen and oxygen atoms in total. The number of aryl methyl sites for hydroxylation is 1. The maximum absolute atomic E-state index is 12.2. The van der Waals surface area contributed by atoms with Crippen molar-refractivity contribution in [3.05, 3.63) is 16.5 Å². The first-order valence-corrected chi connectivity index (χ1v) is 8.98. The summed E-state index contributed by atoms with van der Waals surface area (Å²) in [6.45, 7) is 7.86. The smallest absolute Gasteiger partial charge is 0.341 e. The van der Waals surface area contributed by atoms with Gasteiger partial charge in [-0.25, -0.2) is 9.79 Å². The summed E-state index contributed by atoms with van der Waals surface area (Å²) in [4.78, 5) is 41.8. The lowest BCUT2D eigenvalue weighted by molar-refractivity contribution is -0.136. The standard InChI is InChI=1S/C18H23NO4S/c1-5-11-7-12(17(22)23-6-2)16(24-11)19-10-13-14(20)8-18(3,4)9-15(13)21/h7,10,13H,5-6,8-9H2,1-4H3. The molecule has 0 radical (unpaired) electrons. The summed E-state index contributed by atoms with van der Waals surface area (Å²) in [6.07, 6.45) is 2.91. The molecule has 1 aromatic rings. The molecule has 0 bridgehead atoms. The molecule has 130 valence electrons. The Bertz CT molecular complexity index is 667. The topological polar surface area (TPSA) is 72.8 Å². The van der Waals surface area contributed by atoms with Crippen LogP contribution in [0.2, 0.25) is 0 Å². The fourth-order valence-corrected chi connectivity index (χ4v) is 3.71. The number of carbonyl (C=O) groups excluding carboxylic acids is 3. The quantitative estimate of drug-likeness (QED) is 0.461. The average molecular weight is 349 g/mol. The summed E-state index contributed by atoms with van der Waals surface area (Å²) >= 11 is 1.38. The zero-order valence-corrected chi connectivity index (χ0v) is 15.4. The zero-order chi connectivity index (χ0) is 17.9. The van der Waals surface area contributed by atoms with Crippen molar-refractivity contribution in [2.24, 2.45) is 16.3 Å². The summed E-state index contributed by atoms with van der Waals surface area (Å²) in [6, 6.07) is 1.77. The molecule has 1 heterocycles. The zero-order valence-electron chi connectivity index (χ0n) is 14.5. The molecule has 0 aromatic carbocycles. The van der Waals surface area contributed by atoms with Gasteiger partial charge in [-0.1, -0.05) is 20.8 Å². The van der Waals surface area contributed by atoms with Gasteiger partial charge in [0.1, 0.15) is 22.5 Å². The summed E-state index contributed by atoms with van der Waals surface area (Å²) in [7, 11) is 0. The third-order valence-electron chi connectivity index (χ3n) is 3.95. The number of hydrogen-bond acceptors (Lipinski definition) is 6. The molecule has 1 aliphatic carbocycles. The summed E-state index contributed by atoms with van der Waals surface area (Å²) in [5.41, 5.74) is 0.110. The Morgan fingerprint density at radius 2 is 1.96 bits per heavy atom. The van der Waals surface area contributed by atoms with Crippen LogP contribution >= 0.6 is 11.3 Å². The minimum Gasteiger partial charge on any atom is -0.462 e. The van der Waals surface area contributed by atoms with E-state index < -0.39 is 11.9 Å². The molecule has 1 saturated carbocycles. The predicted molar refractivity (Wildman–Crippen MR) is 94.3 cm³/mol. The normalized spacial score (nSPS) is 18.3. The highest BCUT2D eigenvalue weighted by molar-refractivity contribution is 7.16. The van der Waals surface area contributed by atoms with Crippen LogP contribution in [0.15, 0.2) is 11.1 Å². The highest BCUT2D eigenvalue weighted by Gasteiger charge is 2.38.